The molecule has 0 saturated carbocycles. The fourth-order valence-corrected chi connectivity index (χ4v) is 4.08. The number of benzene rings is 2. The molecule has 0 radical (unpaired) electrons. The molecule has 3 aromatic rings. The average Bonchev–Trinajstić information content (AvgIpc) is 3.43. The largest absolute Gasteiger partial charge is 0.497 e. The Bertz CT molecular complexity index is 952. The number of rotatable bonds is 7. The van der Waals surface area contributed by atoms with Gasteiger partial charge in [-0.15, -0.1) is 24.0 Å². The number of guanidine groups is 1. The van der Waals surface area contributed by atoms with Crippen molar-refractivity contribution in [2.75, 3.05) is 33.3 Å². The van der Waals surface area contributed by atoms with E-state index in [1.165, 1.54) is 5.56 Å². The zero-order chi connectivity index (χ0) is 20.8. The van der Waals surface area contributed by atoms with Crippen LogP contribution < -0.4 is 10.1 Å². The van der Waals surface area contributed by atoms with Crippen molar-refractivity contribution < 1.29 is 4.74 Å². The Morgan fingerprint density at radius 2 is 2.03 bits per heavy atom. The van der Waals surface area contributed by atoms with E-state index in [-0.39, 0.29) is 24.0 Å². The summed E-state index contributed by atoms with van der Waals surface area (Å²) in [6, 6.07) is 16.6. The lowest BCUT2D eigenvalue weighted by molar-refractivity contribution is 0.414. The second-order valence-corrected chi connectivity index (χ2v) is 7.74. The van der Waals surface area contributed by atoms with Crippen LogP contribution >= 0.6 is 24.0 Å². The number of nitrogens with one attached hydrogen (secondary N) is 2. The molecule has 0 aliphatic carbocycles. The Morgan fingerprint density at radius 3 is 2.77 bits per heavy atom. The van der Waals surface area contributed by atoms with Crippen molar-refractivity contribution in [2.45, 2.75) is 32.1 Å². The molecule has 0 amide bonds. The Kier molecular flexibility index (Phi) is 8.57. The van der Waals surface area contributed by atoms with E-state index in [0.29, 0.717) is 5.92 Å². The SMILES string of the molecule is CCNC(=NCCCc1nc2ccccc2[nH]1)N1CCC(c2ccc(OC)cc2)C1.I. The van der Waals surface area contributed by atoms with Gasteiger partial charge in [-0.05, 0) is 49.6 Å². The highest BCUT2D eigenvalue weighted by Gasteiger charge is 2.26. The fourth-order valence-electron chi connectivity index (χ4n) is 4.08. The van der Waals surface area contributed by atoms with Gasteiger partial charge in [0.15, 0.2) is 5.96 Å². The summed E-state index contributed by atoms with van der Waals surface area (Å²) in [6.07, 6.45) is 3.03. The monoisotopic (exact) mass is 533 g/mol. The number of aromatic amines is 1. The van der Waals surface area contributed by atoms with Crippen molar-refractivity contribution in [3.8, 4) is 5.75 Å². The van der Waals surface area contributed by atoms with Crippen molar-refractivity contribution >= 4 is 41.0 Å². The van der Waals surface area contributed by atoms with Crippen LogP contribution in [0.3, 0.4) is 0 Å². The highest BCUT2D eigenvalue weighted by molar-refractivity contribution is 14.0. The summed E-state index contributed by atoms with van der Waals surface area (Å²) in [7, 11) is 1.71. The van der Waals surface area contributed by atoms with Crippen molar-refractivity contribution in [1.82, 2.24) is 20.2 Å². The van der Waals surface area contributed by atoms with E-state index in [2.05, 4.69) is 57.4 Å². The van der Waals surface area contributed by atoms with Crippen LogP contribution in [-0.2, 0) is 6.42 Å². The number of imidazole rings is 1. The number of halogens is 1. The molecule has 166 valence electrons. The molecule has 4 rings (SSSR count). The molecular formula is C24H32IN5O. The third kappa shape index (κ3) is 5.90. The van der Waals surface area contributed by atoms with Crippen LogP contribution in [0.1, 0.15) is 37.1 Å². The quantitative estimate of drug-likeness (QED) is 0.202. The normalized spacial score (nSPS) is 16.4. The van der Waals surface area contributed by atoms with Crippen LogP contribution in [0, 0.1) is 0 Å². The number of fused-ring (bicyclic) bond motifs is 1. The van der Waals surface area contributed by atoms with Gasteiger partial charge in [-0.1, -0.05) is 24.3 Å². The van der Waals surface area contributed by atoms with Crippen molar-refractivity contribution in [1.29, 1.82) is 0 Å². The standard InChI is InChI=1S/C24H31N5O.HI/c1-3-25-24(26-15-6-9-23-27-21-7-4-5-8-22(21)28-23)29-16-14-19(17-29)18-10-12-20(30-2)13-11-18;/h4-5,7-8,10-13,19H,3,6,9,14-17H2,1-2H3,(H,25,26)(H,27,28);1H. The van der Waals surface area contributed by atoms with Crippen LogP contribution in [0.2, 0.25) is 0 Å². The number of aryl methyl sites for hydroxylation is 1. The van der Waals surface area contributed by atoms with E-state index in [4.69, 9.17) is 9.73 Å². The van der Waals surface area contributed by atoms with Gasteiger partial charge in [0.25, 0.3) is 0 Å². The molecule has 1 fully saturated rings. The van der Waals surface area contributed by atoms with E-state index in [1.807, 2.05) is 18.2 Å². The van der Waals surface area contributed by atoms with E-state index in [1.54, 1.807) is 7.11 Å². The molecule has 7 heteroatoms. The first kappa shape index (κ1) is 23.4. The minimum absolute atomic E-state index is 0. The topological polar surface area (TPSA) is 65.5 Å². The van der Waals surface area contributed by atoms with Gasteiger partial charge in [-0.25, -0.2) is 4.98 Å². The van der Waals surface area contributed by atoms with Crippen molar-refractivity contribution in [3.63, 3.8) is 0 Å². The summed E-state index contributed by atoms with van der Waals surface area (Å²) in [4.78, 5) is 15.3. The zero-order valence-corrected chi connectivity index (χ0v) is 20.6. The summed E-state index contributed by atoms with van der Waals surface area (Å²) in [5.41, 5.74) is 3.51. The first-order valence-corrected chi connectivity index (χ1v) is 10.9. The maximum Gasteiger partial charge on any atom is 0.193 e. The van der Waals surface area contributed by atoms with Crippen molar-refractivity contribution in [2.24, 2.45) is 4.99 Å². The van der Waals surface area contributed by atoms with Gasteiger partial charge in [0.1, 0.15) is 11.6 Å². The van der Waals surface area contributed by atoms with Gasteiger partial charge in [0.2, 0.25) is 0 Å². The van der Waals surface area contributed by atoms with E-state index in [9.17, 15) is 0 Å². The third-order valence-corrected chi connectivity index (χ3v) is 5.68. The van der Waals surface area contributed by atoms with Crippen LogP contribution in [0.4, 0.5) is 0 Å². The smallest absolute Gasteiger partial charge is 0.193 e. The summed E-state index contributed by atoms with van der Waals surface area (Å²) < 4.78 is 5.28. The number of aliphatic imine (C=N–C) groups is 1. The number of H-pyrrole nitrogens is 1. The molecule has 1 aliphatic heterocycles. The number of para-hydroxylation sites is 2. The first-order chi connectivity index (χ1) is 14.8. The molecule has 2 heterocycles. The maximum atomic E-state index is 5.28. The van der Waals surface area contributed by atoms with E-state index in [0.717, 1.165) is 74.0 Å². The number of aromatic nitrogens is 2. The summed E-state index contributed by atoms with van der Waals surface area (Å²) in [5.74, 6) is 3.51. The molecule has 1 aromatic heterocycles. The van der Waals surface area contributed by atoms with Crippen molar-refractivity contribution in [3.05, 3.63) is 59.9 Å². The van der Waals surface area contributed by atoms with Gasteiger partial charge in [0, 0.05) is 38.5 Å². The van der Waals surface area contributed by atoms with Gasteiger partial charge in [-0.3, -0.25) is 4.99 Å². The van der Waals surface area contributed by atoms with Crippen LogP contribution in [-0.4, -0.2) is 54.1 Å². The highest BCUT2D eigenvalue weighted by Crippen LogP contribution is 2.28. The molecule has 31 heavy (non-hydrogen) atoms. The molecular weight excluding hydrogens is 501 g/mol. The lowest BCUT2D eigenvalue weighted by atomic mass is 9.98. The van der Waals surface area contributed by atoms with E-state index >= 15 is 0 Å². The maximum absolute atomic E-state index is 5.28. The van der Waals surface area contributed by atoms with Crippen LogP contribution in [0.15, 0.2) is 53.5 Å². The van der Waals surface area contributed by atoms with Gasteiger partial charge in [0.05, 0.1) is 18.1 Å². The second-order valence-electron chi connectivity index (χ2n) is 7.74. The number of ether oxygens (including phenoxy) is 1. The number of hydrogen-bond donors (Lipinski definition) is 2. The number of likely N-dealkylation sites (tertiary alicyclic amines) is 1. The minimum atomic E-state index is 0. The summed E-state index contributed by atoms with van der Waals surface area (Å²) >= 11 is 0. The molecule has 2 aromatic carbocycles. The first-order valence-electron chi connectivity index (χ1n) is 10.9. The Morgan fingerprint density at radius 1 is 1.23 bits per heavy atom. The lowest BCUT2D eigenvalue weighted by Gasteiger charge is -2.21. The van der Waals surface area contributed by atoms with Crippen LogP contribution in [0.25, 0.3) is 11.0 Å². The van der Waals surface area contributed by atoms with Gasteiger partial charge < -0.3 is 19.9 Å². The molecule has 0 spiro atoms. The Labute approximate surface area is 201 Å². The summed E-state index contributed by atoms with van der Waals surface area (Å²) in [5, 5.41) is 3.47. The van der Waals surface area contributed by atoms with Crippen LogP contribution in [0.5, 0.6) is 5.75 Å². The Hall–Kier alpha value is -2.29. The average molecular weight is 533 g/mol. The minimum Gasteiger partial charge on any atom is -0.497 e. The molecule has 2 N–H and O–H groups in total. The third-order valence-electron chi connectivity index (χ3n) is 5.68. The molecule has 1 unspecified atom stereocenters. The number of nitrogens with zero attached hydrogens (tertiary/aromatic N) is 3. The van der Waals surface area contributed by atoms with Gasteiger partial charge >= 0.3 is 0 Å². The highest BCUT2D eigenvalue weighted by atomic mass is 127. The van der Waals surface area contributed by atoms with Gasteiger partial charge in [-0.2, -0.15) is 0 Å². The number of hydrogen-bond acceptors (Lipinski definition) is 3. The Balaban J connectivity index is 0.00000272. The predicted molar refractivity (Wildman–Crippen MR) is 138 cm³/mol. The molecule has 1 saturated heterocycles. The second kappa shape index (κ2) is 11.4. The number of methoxy groups -OCH3 is 1. The molecule has 0 bridgehead atoms. The fraction of sp³-hybridized carbons (Fsp3) is 0.417. The summed E-state index contributed by atoms with van der Waals surface area (Å²) in [6.45, 7) is 5.84. The molecule has 6 nitrogen and oxygen atoms in total. The zero-order valence-electron chi connectivity index (χ0n) is 18.3. The lowest BCUT2D eigenvalue weighted by Crippen LogP contribution is -2.40. The van der Waals surface area contributed by atoms with E-state index < -0.39 is 0 Å². The predicted octanol–water partition coefficient (Wildman–Crippen LogP) is 4.58. The molecule has 1 atom stereocenters. The molecule has 1 aliphatic rings.